The van der Waals surface area contributed by atoms with Gasteiger partial charge >= 0.3 is 0 Å². The molecule has 2 aliphatic rings. The molecular weight excluding hydrogens is 569 g/mol. The molecule has 4 nitrogen and oxygen atoms in total. The van der Waals surface area contributed by atoms with Crippen molar-refractivity contribution in [3.63, 3.8) is 0 Å². The number of amides is 2. The van der Waals surface area contributed by atoms with Gasteiger partial charge in [-0.2, -0.15) is 0 Å². The predicted molar refractivity (Wildman–Crippen MR) is 139 cm³/mol. The summed E-state index contributed by atoms with van der Waals surface area (Å²) in [7, 11) is 0. The molecule has 33 heavy (non-hydrogen) atoms. The van der Waals surface area contributed by atoms with E-state index in [0.717, 1.165) is 30.2 Å². The number of carbonyl (C=O) groups is 2. The summed E-state index contributed by atoms with van der Waals surface area (Å²) in [5.41, 5.74) is 1.56. The third kappa shape index (κ3) is 6.09. The van der Waals surface area contributed by atoms with E-state index in [4.69, 9.17) is 39.5 Å². The van der Waals surface area contributed by atoms with Gasteiger partial charge in [-0.3, -0.25) is 14.5 Å². The molecule has 1 aliphatic carbocycles. The van der Waals surface area contributed by atoms with E-state index in [0.29, 0.717) is 48.2 Å². The second-order valence-electron chi connectivity index (χ2n) is 8.15. The number of carbonyl (C=O) groups excluding carboxylic acids is 2. The topological polar surface area (TPSA) is 46.6 Å². The number of rotatable bonds is 6. The second-order valence-corrected chi connectivity index (χ2v) is 11.2. The number of ether oxygens (including phenoxy) is 1. The van der Waals surface area contributed by atoms with Crippen molar-refractivity contribution in [3.8, 4) is 5.75 Å². The summed E-state index contributed by atoms with van der Waals surface area (Å²) in [5.74, 6) is 0.648. The van der Waals surface area contributed by atoms with Gasteiger partial charge in [0.2, 0.25) is 0 Å². The van der Waals surface area contributed by atoms with Gasteiger partial charge < -0.3 is 4.74 Å². The maximum atomic E-state index is 12.9. The average Bonchev–Trinajstić information content (AvgIpc) is 3.03. The van der Waals surface area contributed by atoms with Crippen LogP contribution in [-0.2, 0) is 11.4 Å². The summed E-state index contributed by atoms with van der Waals surface area (Å²) >= 11 is 23.0. The molecule has 1 saturated carbocycles. The van der Waals surface area contributed by atoms with Crippen LogP contribution in [0.3, 0.4) is 0 Å². The van der Waals surface area contributed by atoms with Gasteiger partial charge in [0.25, 0.3) is 11.1 Å². The molecule has 0 unspecified atom stereocenters. The number of benzene rings is 2. The predicted octanol–water partition coefficient (Wildman–Crippen LogP) is 8.60. The molecular formula is C24H21BrCl3NO3S. The van der Waals surface area contributed by atoms with Gasteiger partial charge in [0.1, 0.15) is 6.61 Å². The van der Waals surface area contributed by atoms with Crippen molar-refractivity contribution in [3.05, 3.63) is 65.9 Å². The van der Waals surface area contributed by atoms with Gasteiger partial charge in [-0.05, 0) is 87.9 Å². The Labute approximate surface area is 220 Å². The van der Waals surface area contributed by atoms with Crippen LogP contribution in [0.1, 0.15) is 43.2 Å². The highest BCUT2D eigenvalue weighted by Crippen LogP contribution is 2.39. The highest BCUT2D eigenvalue weighted by Gasteiger charge is 2.36. The van der Waals surface area contributed by atoms with Crippen molar-refractivity contribution in [2.75, 3.05) is 6.54 Å². The largest absolute Gasteiger partial charge is 0.486 e. The van der Waals surface area contributed by atoms with E-state index in [1.165, 1.54) is 24.2 Å². The van der Waals surface area contributed by atoms with Gasteiger partial charge in [0, 0.05) is 6.54 Å². The van der Waals surface area contributed by atoms with Crippen LogP contribution in [0.15, 0.2) is 39.7 Å². The fourth-order valence-corrected chi connectivity index (χ4v) is 6.18. The summed E-state index contributed by atoms with van der Waals surface area (Å²) < 4.78 is 6.52. The molecule has 0 spiro atoms. The Balaban J connectivity index is 1.46. The molecule has 0 atom stereocenters. The van der Waals surface area contributed by atoms with Crippen LogP contribution in [0.2, 0.25) is 15.1 Å². The molecule has 2 amide bonds. The van der Waals surface area contributed by atoms with E-state index in [1.807, 2.05) is 12.1 Å². The molecule has 0 bridgehead atoms. The number of hydrogen-bond acceptors (Lipinski definition) is 4. The number of imide groups is 1. The van der Waals surface area contributed by atoms with E-state index >= 15 is 0 Å². The molecule has 0 radical (unpaired) electrons. The van der Waals surface area contributed by atoms with E-state index in [1.54, 1.807) is 24.3 Å². The van der Waals surface area contributed by atoms with Gasteiger partial charge in [0.05, 0.1) is 24.4 Å². The van der Waals surface area contributed by atoms with Crippen molar-refractivity contribution in [2.24, 2.45) is 5.92 Å². The maximum Gasteiger partial charge on any atom is 0.293 e. The molecule has 0 aromatic heterocycles. The van der Waals surface area contributed by atoms with Crippen molar-refractivity contribution < 1.29 is 14.3 Å². The zero-order chi connectivity index (χ0) is 23.5. The van der Waals surface area contributed by atoms with E-state index < -0.39 is 0 Å². The minimum absolute atomic E-state index is 0.205. The molecule has 0 N–H and O–H groups in total. The van der Waals surface area contributed by atoms with Crippen LogP contribution in [0.4, 0.5) is 4.79 Å². The van der Waals surface area contributed by atoms with Gasteiger partial charge in [-0.15, -0.1) is 0 Å². The number of thioether (sulfide) groups is 1. The first-order valence-electron chi connectivity index (χ1n) is 10.6. The number of hydrogen-bond donors (Lipinski definition) is 0. The van der Waals surface area contributed by atoms with Crippen LogP contribution < -0.4 is 4.74 Å². The Bertz CT molecular complexity index is 1100. The lowest BCUT2D eigenvalue weighted by Crippen LogP contribution is -2.34. The molecule has 2 aromatic carbocycles. The summed E-state index contributed by atoms with van der Waals surface area (Å²) in [4.78, 5) is 27.1. The molecule has 9 heteroatoms. The second kappa shape index (κ2) is 11.0. The standard InChI is InChI=1S/C24H21BrCl3NO3S/c25-17-8-16(10-20(28)22(17)32-13-15-6-7-18(26)19(27)9-15)11-21-23(30)29(24(31)33-21)12-14-4-2-1-3-5-14/h6-11,14H,1-5,12-13H2/b21-11+. The lowest BCUT2D eigenvalue weighted by atomic mass is 9.89. The zero-order valence-electron chi connectivity index (χ0n) is 17.6. The maximum absolute atomic E-state index is 12.9. The van der Waals surface area contributed by atoms with Gasteiger partial charge in [-0.1, -0.05) is 60.1 Å². The molecule has 1 aliphatic heterocycles. The molecule has 2 aromatic rings. The van der Waals surface area contributed by atoms with Crippen LogP contribution in [0.5, 0.6) is 5.75 Å². The average molecular weight is 590 g/mol. The van der Waals surface area contributed by atoms with Crippen LogP contribution >= 0.6 is 62.5 Å². The van der Waals surface area contributed by atoms with Crippen LogP contribution in [0.25, 0.3) is 6.08 Å². The first kappa shape index (κ1) is 24.9. The Morgan fingerprint density at radius 3 is 2.48 bits per heavy atom. The molecule has 4 rings (SSSR count). The van der Waals surface area contributed by atoms with Crippen molar-refractivity contribution in [2.45, 2.75) is 38.7 Å². The Morgan fingerprint density at radius 2 is 1.79 bits per heavy atom. The lowest BCUT2D eigenvalue weighted by Gasteiger charge is -2.25. The van der Waals surface area contributed by atoms with Crippen molar-refractivity contribution >= 4 is 79.7 Å². The number of halogens is 4. The third-order valence-corrected chi connectivity index (χ3v) is 8.24. The Kier molecular flexibility index (Phi) is 8.34. The quantitative estimate of drug-likeness (QED) is 0.317. The number of nitrogens with zero attached hydrogens (tertiary/aromatic N) is 1. The summed E-state index contributed by atoms with van der Waals surface area (Å²) in [5, 5.41) is 1.11. The molecule has 1 heterocycles. The normalized spacial score (nSPS) is 18.4. The van der Waals surface area contributed by atoms with E-state index in [9.17, 15) is 9.59 Å². The smallest absolute Gasteiger partial charge is 0.293 e. The first-order chi connectivity index (χ1) is 15.8. The van der Waals surface area contributed by atoms with Crippen LogP contribution in [-0.4, -0.2) is 22.6 Å². The monoisotopic (exact) mass is 587 g/mol. The first-order valence-corrected chi connectivity index (χ1v) is 13.4. The highest BCUT2D eigenvalue weighted by molar-refractivity contribution is 9.10. The summed E-state index contributed by atoms with van der Waals surface area (Å²) in [6, 6.07) is 8.80. The molecule has 2 fully saturated rings. The minimum Gasteiger partial charge on any atom is -0.486 e. The van der Waals surface area contributed by atoms with Crippen molar-refractivity contribution in [1.29, 1.82) is 0 Å². The van der Waals surface area contributed by atoms with Crippen LogP contribution in [0, 0.1) is 5.92 Å². The Morgan fingerprint density at radius 1 is 1.03 bits per heavy atom. The summed E-state index contributed by atoms with van der Waals surface area (Å²) in [6.45, 7) is 0.766. The fraction of sp³-hybridized carbons (Fsp3) is 0.333. The highest BCUT2D eigenvalue weighted by atomic mass is 79.9. The fourth-order valence-electron chi connectivity index (χ4n) is 4.02. The van der Waals surface area contributed by atoms with Gasteiger partial charge in [0.15, 0.2) is 5.75 Å². The SMILES string of the molecule is O=C1S/C(=C/c2cc(Cl)c(OCc3ccc(Cl)c(Cl)c3)c(Br)c2)C(=O)N1CC1CCCCC1. The molecule has 1 saturated heterocycles. The molecule has 174 valence electrons. The van der Waals surface area contributed by atoms with Gasteiger partial charge in [-0.25, -0.2) is 0 Å². The lowest BCUT2D eigenvalue weighted by molar-refractivity contribution is -0.123. The minimum atomic E-state index is -0.234. The Hall–Kier alpha value is -1.18. The van der Waals surface area contributed by atoms with E-state index in [2.05, 4.69) is 15.9 Å². The third-order valence-electron chi connectivity index (χ3n) is 5.72. The van der Waals surface area contributed by atoms with E-state index in [-0.39, 0.29) is 17.8 Å². The summed E-state index contributed by atoms with van der Waals surface area (Å²) in [6.07, 6.45) is 7.43. The zero-order valence-corrected chi connectivity index (χ0v) is 22.3. The van der Waals surface area contributed by atoms with Crippen molar-refractivity contribution in [1.82, 2.24) is 4.90 Å².